The number of aromatic nitrogens is 2. The van der Waals surface area contributed by atoms with Gasteiger partial charge in [-0.05, 0) is 38.5 Å². The summed E-state index contributed by atoms with van der Waals surface area (Å²) in [5.74, 6) is 1.01. The number of benzene rings is 2. The van der Waals surface area contributed by atoms with Gasteiger partial charge in [-0.25, -0.2) is 0 Å². The minimum atomic E-state index is 0.118. The zero-order valence-corrected chi connectivity index (χ0v) is 18.5. The van der Waals surface area contributed by atoms with Gasteiger partial charge in [-0.3, -0.25) is 9.48 Å². The van der Waals surface area contributed by atoms with Crippen LogP contribution < -0.4 is 9.64 Å². The summed E-state index contributed by atoms with van der Waals surface area (Å²) in [6.45, 7) is 9.78. The maximum atomic E-state index is 12.9. The van der Waals surface area contributed by atoms with E-state index >= 15 is 0 Å². The number of rotatable bonds is 6. The van der Waals surface area contributed by atoms with Gasteiger partial charge >= 0.3 is 0 Å². The summed E-state index contributed by atoms with van der Waals surface area (Å²) in [6, 6.07) is 18.6. The third-order valence-corrected chi connectivity index (χ3v) is 5.72. The van der Waals surface area contributed by atoms with E-state index < -0.39 is 0 Å². The highest BCUT2D eigenvalue weighted by molar-refractivity contribution is 5.83. The van der Waals surface area contributed by atoms with Gasteiger partial charge in [-0.2, -0.15) is 5.10 Å². The van der Waals surface area contributed by atoms with Crippen LogP contribution in [-0.4, -0.2) is 53.4 Å². The minimum Gasteiger partial charge on any atom is -0.492 e. The van der Waals surface area contributed by atoms with Crippen LogP contribution in [0.4, 0.5) is 5.69 Å². The lowest BCUT2D eigenvalue weighted by atomic mass is 10.0. The van der Waals surface area contributed by atoms with E-state index in [4.69, 9.17) is 4.74 Å². The normalized spacial score (nSPS) is 14.0. The van der Waals surface area contributed by atoms with Crippen molar-refractivity contribution in [2.45, 2.75) is 27.3 Å². The molecule has 0 unspecified atom stereocenters. The quantitative estimate of drug-likeness (QED) is 0.609. The molecule has 1 aliphatic heterocycles. The Morgan fingerprint density at radius 1 is 1.00 bits per heavy atom. The van der Waals surface area contributed by atoms with Crippen molar-refractivity contribution in [3.05, 3.63) is 66.0 Å². The maximum Gasteiger partial charge on any atom is 0.244 e. The number of anilines is 1. The number of para-hydroxylation sites is 1. The van der Waals surface area contributed by atoms with Crippen LogP contribution in [0.2, 0.25) is 0 Å². The van der Waals surface area contributed by atoms with Crippen LogP contribution in [0.1, 0.15) is 18.3 Å². The number of nitrogens with zero attached hydrogens (tertiary/aromatic N) is 4. The summed E-state index contributed by atoms with van der Waals surface area (Å²) >= 11 is 0. The Bertz CT molecular complexity index is 1040. The maximum absolute atomic E-state index is 12.9. The molecule has 1 fully saturated rings. The molecule has 0 spiro atoms. The predicted molar refractivity (Wildman–Crippen MR) is 124 cm³/mol. The van der Waals surface area contributed by atoms with E-state index in [2.05, 4.69) is 40.3 Å². The van der Waals surface area contributed by atoms with E-state index in [0.29, 0.717) is 26.2 Å². The van der Waals surface area contributed by atoms with Crippen LogP contribution in [0.25, 0.3) is 11.1 Å². The minimum absolute atomic E-state index is 0.118. The lowest BCUT2D eigenvalue weighted by Gasteiger charge is -2.37. The number of carbonyl (C=O) groups excluding carboxylic acids is 1. The smallest absolute Gasteiger partial charge is 0.244 e. The Kier molecular flexibility index (Phi) is 6.26. The van der Waals surface area contributed by atoms with E-state index in [1.54, 1.807) is 4.68 Å². The average Bonchev–Trinajstić information content (AvgIpc) is 3.11. The summed E-state index contributed by atoms with van der Waals surface area (Å²) in [6.07, 6.45) is 0. The van der Waals surface area contributed by atoms with Crippen LogP contribution in [0.5, 0.6) is 5.75 Å². The van der Waals surface area contributed by atoms with E-state index in [-0.39, 0.29) is 5.91 Å². The fraction of sp³-hybridized carbons (Fsp3) is 0.360. The number of amides is 1. The Balaban J connectivity index is 1.52. The highest BCUT2D eigenvalue weighted by atomic mass is 16.5. The SMILES string of the molecule is CCOc1cccc(-c2ccccc2)c1N1CCN(C(=O)Cn2nc(C)cc2C)CC1. The van der Waals surface area contributed by atoms with Crippen molar-refractivity contribution in [1.29, 1.82) is 0 Å². The highest BCUT2D eigenvalue weighted by Gasteiger charge is 2.25. The summed E-state index contributed by atoms with van der Waals surface area (Å²) in [4.78, 5) is 17.1. The molecule has 2 heterocycles. The first-order chi connectivity index (χ1) is 15.1. The Morgan fingerprint density at radius 2 is 1.74 bits per heavy atom. The number of ether oxygens (including phenoxy) is 1. The Morgan fingerprint density at radius 3 is 2.39 bits per heavy atom. The van der Waals surface area contributed by atoms with Gasteiger partial charge in [0.15, 0.2) is 0 Å². The molecule has 2 aromatic carbocycles. The van der Waals surface area contributed by atoms with Crippen molar-refractivity contribution in [1.82, 2.24) is 14.7 Å². The predicted octanol–water partition coefficient (Wildman–Crippen LogP) is 3.91. The molecule has 0 saturated carbocycles. The molecule has 1 aromatic heterocycles. The van der Waals surface area contributed by atoms with Crippen LogP contribution >= 0.6 is 0 Å². The molecular formula is C25H30N4O2. The fourth-order valence-corrected chi connectivity index (χ4v) is 4.21. The number of hydrogen-bond acceptors (Lipinski definition) is 4. The Hall–Kier alpha value is -3.28. The van der Waals surface area contributed by atoms with Crippen molar-refractivity contribution in [2.24, 2.45) is 0 Å². The first-order valence-corrected chi connectivity index (χ1v) is 10.9. The number of piperazine rings is 1. The molecule has 6 heteroatoms. The van der Waals surface area contributed by atoms with Crippen molar-refractivity contribution >= 4 is 11.6 Å². The van der Waals surface area contributed by atoms with Gasteiger partial charge < -0.3 is 14.5 Å². The zero-order valence-electron chi connectivity index (χ0n) is 18.5. The standard InChI is InChI=1S/C25H30N4O2/c1-4-31-23-12-8-11-22(21-9-6-5-7-10-21)25(23)28-15-13-27(14-16-28)24(30)18-29-20(3)17-19(2)26-29/h5-12,17H,4,13-16,18H2,1-3H3. The number of hydrogen-bond donors (Lipinski definition) is 0. The lowest BCUT2D eigenvalue weighted by molar-refractivity contribution is -0.132. The van der Waals surface area contributed by atoms with Crippen molar-refractivity contribution in [3.8, 4) is 16.9 Å². The Labute approximate surface area is 184 Å². The second-order valence-electron chi connectivity index (χ2n) is 7.90. The summed E-state index contributed by atoms with van der Waals surface area (Å²) < 4.78 is 7.78. The lowest BCUT2D eigenvalue weighted by Crippen LogP contribution is -2.50. The summed E-state index contributed by atoms with van der Waals surface area (Å²) in [7, 11) is 0. The topological polar surface area (TPSA) is 50.6 Å². The third kappa shape index (κ3) is 4.58. The molecule has 0 bridgehead atoms. The van der Waals surface area contributed by atoms with Crippen molar-refractivity contribution in [3.63, 3.8) is 0 Å². The van der Waals surface area contributed by atoms with Crippen LogP contribution in [0, 0.1) is 13.8 Å². The fourth-order valence-electron chi connectivity index (χ4n) is 4.21. The van der Waals surface area contributed by atoms with Crippen molar-refractivity contribution in [2.75, 3.05) is 37.7 Å². The molecule has 0 aliphatic carbocycles. The van der Waals surface area contributed by atoms with Crippen LogP contribution in [0.15, 0.2) is 54.6 Å². The molecule has 31 heavy (non-hydrogen) atoms. The van der Waals surface area contributed by atoms with Gasteiger partial charge in [-0.15, -0.1) is 0 Å². The van der Waals surface area contributed by atoms with Gasteiger partial charge in [0, 0.05) is 37.4 Å². The molecule has 0 atom stereocenters. The number of aryl methyl sites for hydroxylation is 2. The van der Waals surface area contributed by atoms with E-state index in [1.165, 1.54) is 5.56 Å². The van der Waals surface area contributed by atoms with Gasteiger partial charge in [-0.1, -0.05) is 42.5 Å². The largest absolute Gasteiger partial charge is 0.492 e. The molecule has 0 radical (unpaired) electrons. The van der Waals surface area contributed by atoms with Gasteiger partial charge in [0.2, 0.25) is 5.91 Å². The second kappa shape index (κ2) is 9.25. The zero-order chi connectivity index (χ0) is 21.8. The monoisotopic (exact) mass is 418 g/mol. The molecule has 6 nitrogen and oxygen atoms in total. The molecule has 1 aliphatic rings. The number of carbonyl (C=O) groups is 1. The summed E-state index contributed by atoms with van der Waals surface area (Å²) in [5, 5.41) is 4.43. The highest BCUT2D eigenvalue weighted by Crippen LogP contribution is 2.39. The molecule has 4 rings (SSSR count). The molecular weight excluding hydrogens is 388 g/mol. The average molecular weight is 419 g/mol. The van der Waals surface area contributed by atoms with Crippen LogP contribution in [-0.2, 0) is 11.3 Å². The molecule has 1 amide bonds. The third-order valence-electron chi connectivity index (χ3n) is 5.72. The molecule has 162 valence electrons. The van der Waals surface area contributed by atoms with Crippen LogP contribution in [0.3, 0.4) is 0 Å². The van der Waals surface area contributed by atoms with Gasteiger partial charge in [0.1, 0.15) is 12.3 Å². The first-order valence-electron chi connectivity index (χ1n) is 10.9. The van der Waals surface area contributed by atoms with E-state index in [9.17, 15) is 4.79 Å². The van der Waals surface area contributed by atoms with E-state index in [0.717, 1.165) is 41.5 Å². The summed E-state index contributed by atoms with van der Waals surface area (Å²) in [5.41, 5.74) is 5.40. The molecule has 0 N–H and O–H groups in total. The first kappa shape index (κ1) is 21.0. The van der Waals surface area contributed by atoms with E-state index in [1.807, 2.05) is 49.9 Å². The van der Waals surface area contributed by atoms with Crippen molar-refractivity contribution < 1.29 is 9.53 Å². The molecule has 1 saturated heterocycles. The van der Waals surface area contributed by atoms with Gasteiger partial charge in [0.25, 0.3) is 0 Å². The second-order valence-corrected chi connectivity index (χ2v) is 7.90. The molecule has 3 aromatic rings. The van der Waals surface area contributed by atoms with Gasteiger partial charge in [0.05, 0.1) is 18.0 Å².